The average molecular weight is 495 g/mol. The third kappa shape index (κ3) is 9.21. The van der Waals surface area contributed by atoms with Crippen molar-refractivity contribution in [1.82, 2.24) is 0 Å². The monoisotopic (exact) mass is 494 g/mol. The van der Waals surface area contributed by atoms with Crippen molar-refractivity contribution in [2.45, 2.75) is 112 Å². The molecule has 1 nitrogen and oxygen atoms in total. The van der Waals surface area contributed by atoms with Crippen molar-refractivity contribution in [3.63, 3.8) is 0 Å². The van der Waals surface area contributed by atoms with Crippen molar-refractivity contribution < 1.29 is 4.74 Å². The molecule has 2 aromatic carbocycles. The van der Waals surface area contributed by atoms with Gasteiger partial charge in [-0.15, -0.1) is 0 Å². The molecule has 0 heterocycles. The van der Waals surface area contributed by atoms with Crippen molar-refractivity contribution in [2.24, 2.45) is 16.7 Å². The Morgan fingerprint density at radius 1 is 0.743 bits per heavy atom. The summed E-state index contributed by atoms with van der Waals surface area (Å²) in [5.41, 5.74) is 0.370. The maximum atomic E-state index is 6.83. The van der Waals surface area contributed by atoms with E-state index in [1.165, 1.54) is 54.9 Å². The Labute approximate surface area is 219 Å². The Morgan fingerprint density at radius 3 is 1.77 bits per heavy atom. The molecule has 0 radical (unpaired) electrons. The van der Waals surface area contributed by atoms with Gasteiger partial charge in [0.1, 0.15) is 8.80 Å². The third-order valence-corrected chi connectivity index (χ3v) is 11.8. The number of benzene rings is 2. The molecule has 2 aromatic rings. The average Bonchev–Trinajstić information content (AvgIpc) is 2.81. The van der Waals surface area contributed by atoms with Gasteiger partial charge in [0.2, 0.25) is 0 Å². The molecule has 2 heteroatoms. The maximum absolute atomic E-state index is 6.83. The standard InChI is InChI=1S/C33H54OSi/c1-9-10-11-18-24-33(8,28(2)27-31(3,4)5)32(6,7)34-25-19-26-35(29-20-14-12-15-21-29)30-22-16-13-17-23-30/h12-17,20-23,28,35H,9-11,18-19,24-27H2,1-8H3. The summed E-state index contributed by atoms with van der Waals surface area (Å²) < 4.78 is 6.83. The van der Waals surface area contributed by atoms with E-state index in [0.717, 1.165) is 13.0 Å². The smallest absolute Gasteiger partial charge is 0.103 e. The zero-order valence-electron chi connectivity index (χ0n) is 24.2. The van der Waals surface area contributed by atoms with Crippen LogP contribution in [0.15, 0.2) is 60.7 Å². The lowest BCUT2D eigenvalue weighted by Crippen LogP contribution is -2.49. The third-order valence-electron chi connectivity index (χ3n) is 8.44. The number of hydrogen-bond donors (Lipinski definition) is 0. The molecule has 2 rings (SSSR count). The van der Waals surface area contributed by atoms with Gasteiger partial charge in [0.15, 0.2) is 0 Å². The lowest BCUT2D eigenvalue weighted by Gasteiger charge is -2.50. The Bertz CT molecular complexity index is 784. The predicted octanol–water partition coefficient (Wildman–Crippen LogP) is 8.26. The summed E-state index contributed by atoms with van der Waals surface area (Å²) >= 11 is 0. The van der Waals surface area contributed by atoms with Crippen molar-refractivity contribution >= 4 is 19.2 Å². The first kappa shape index (κ1) is 29.8. The van der Waals surface area contributed by atoms with Crippen molar-refractivity contribution in [3.8, 4) is 0 Å². The minimum Gasteiger partial charge on any atom is -0.375 e. The molecule has 196 valence electrons. The second-order valence-corrected chi connectivity index (χ2v) is 15.8. The van der Waals surface area contributed by atoms with Crippen LogP contribution in [0.2, 0.25) is 6.04 Å². The van der Waals surface area contributed by atoms with Gasteiger partial charge in [0, 0.05) is 6.61 Å². The molecule has 0 saturated heterocycles. The van der Waals surface area contributed by atoms with Gasteiger partial charge in [-0.1, -0.05) is 138 Å². The van der Waals surface area contributed by atoms with Gasteiger partial charge < -0.3 is 4.74 Å². The van der Waals surface area contributed by atoms with E-state index in [0.29, 0.717) is 11.3 Å². The van der Waals surface area contributed by atoms with Gasteiger partial charge in [-0.3, -0.25) is 0 Å². The summed E-state index contributed by atoms with van der Waals surface area (Å²) in [6.07, 6.45) is 8.90. The molecule has 0 spiro atoms. The van der Waals surface area contributed by atoms with Gasteiger partial charge in [0.25, 0.3) is 0 Å². The molecule has 0 bridgehead atoms. The lowest BCUT2D eigenvalue weighted by molar-refractivity contribution is -0.135. The van der Waals surface area contributed by atoms with E-state index in [9.17, 15) is 0 Å². The van der Waals surface area contributed by atoms with Crippen LogP contribution in [0, 0.1) is 16.7 Å². The Balaban J connectivity index is 2.08. The first-order chi connectivity index (χ1) is 16.5. The molecule has 0 N–H and O–H groups in total. The summed E-state index contributed by atoms with van der Waals surface area (Å²) in [5.74, 6) is 0.620. The molecular weight excluding hydrogens is 440 g/mol. The predicted molar refractivity (Wildman–Crippen MR) is 159 cm³/mol. The van der Waals surface area contributed by atoms with Crippen molar-refractivity contribution in [2.75, 3.05) is 6.61 Å². The van der Waals surface area contributed by atoms with Crippen LogP contribution < -0.4 is 10.4 Å². The highest BCUT2D eigenvalue weighted by atomic mass is 28.3. The van der Waals surface area contributed by atoms with Crippen LogP contribution >= 0.6 is 0 Å². The van der Waals surface area contributed by atoms with E-state index in [4.69, 9.17) is 4.74 Å². The molecular formula is C33H54OSi. The largest absolute Gasteiger partial charge is 0.375 e. The molecule has 0 saturated carbocycles. The summed E-state index contributed by atoms with van der Waals surface area (Å²) in [5, 5.41) is 3.08. The number of hydrogen-bond acceptors (Lipinski definition) is 1. The second-order valence-electron chi connectivity index (χ2n) is 12.8. The van der Waals surface area contributed by atoms with Crippen LogP contribution in [-0.2, 0) is 4.74 Å². The van der Waals surface area contributed by atoms with Gasteiger partial charge in [-0.25, -0.2) is 0 Å². The fraction of sp³-hybridized carbons (Fsp3) is 0.636. The highest BCUT2D eigenvalue weighted by Gasteiger charge is 2.46. The van der Waals surface area contributed by atoms with Crippen LogP contribution in [0.25, 0.3) is 0 Å². The van der Waals surface area contributed by atoms with E-state index in [1.807, 2.05) is 0 Å². The number of unbranched alkanes of at least 4 members (excludes halogenated alkanes) is 3. The van der Waals surface area contributed by atoms with Gasteiger partial charge in [0.05, 0.1) is 5.60 Å². The summed E-state index contributed by atoms with van der Waals surface area (Å²) in [4.78, 5) is 0. The maximum Gasteiger partial charge on any atom is 0.103 e. The van der Waals surface area contributed by atoms with Crippen molar-refractivity contribution in [1.29, 1.82) is 0 Å². The first-order valence-corrected chi connectivity index (χ1v) is 16.2. The molecule has 2 unspecified atom stereocenters. The van der Waals surface area contributed by atoms with Crippen LogP contribution in [-0.4, -0.2) is 21.0 Å². The fourth-order valence-electron chi connectivity index (χ4n) is 5.88. The number of ether oxygens (including phenoxy) is 1. The van der Waals surface area contributed by atoms with E-state index in [-0.39, 0.29) is 11.0 Å². The van der Waals surface area contributed by atoms with E-state index in [1.54, 1.807) is 0 Å². The normalized spacial score (nSPS) is 15.2. The zero-order valence-corrected chi connectivity index (χ0v) is 25.4. The van der Waals surface area contributed by atoms with Crippen LogP contribution in [0.5, 0.6) is 0 Å². The molecule has 0 aromatic heterocycles. The second kappa shape index (κ2) is 13.8. The topological polar surface area (TPSA) is 9.23 Å². The SMILES string of the molecule is CCCCCCC(C)(C(C)CC(C)(C)C)C(C)(C)OCCC[SiH](c1ccccc1)c1ccccc1. The first-order valence-electron chi connectivity index (χ1n) is 14.2. The van der Waals surface area contributed by atoms with Crippen molar-refractivity contribution in [3.05, 3.63) is 60.7 Å². The highest BCUT2D eigenvalue weighted by molar-refractivity contribution is 6.85. The fourth-order valence-corrected chi connectivity index (χ4v) is 8.88. The summed E-state index contributed by atoms with van der Waals surface area (Å²) in [6.45, 7) is 20.0. The van der Waals surface area contributed by atoms with E-state index >= 15 is 0 Å². The minimum absolute atomic E-state index is 0.138. The Morgan fingerprint density at radius 2 is 1.29 bits per heavy atom. The van der Waals surface area contributed by atoms with Crippen LogP contribution in [0.3, 0.4) is 0 Å². The lowest BCUT2D eigenvalue weighted by atomic mass is 9.61. The molecule has 0 fully saturated rings. The molecule has 0 amide bonds. The van der Waals surface area contributed by atoms with Gasteiger partial charge in [-0.2, -0.15) is 0 Å². The molecule has 0 aliphatic carbocycles. The Kier molecular flexibility index (Phi) is 11.8. The quantitative estimate of drug-likeness (QED) is 0.179. The zero-order chi connectivity index (χ0) is 26.0. The van der Waals surface area contributed by atoms with Crippen LogP contribution in [0.1, 0.15) is 100 Å². The van der Waals surface area contributed by atoms with E-state index < -0.39 is 8.80 Å². The highest BCUT2D eigenvalue weighted by Crippen LogP contribution is 2.49. The molecule has 35 heavy (non-hydrogen) atoms. The van der Waals surface area contributed by atoms with E-state index in [2.05, 4.69) is 116 Å². The van der Waals surface area contributed by atoms with Gasteiger partial charge >= 0.3 is 0 Å². The molecule has 0 aliphatic rings. The molecule has 0 aliphatic heterocycles. The molecule has 2 atom stereocenters. The summed E-state index contributed by atoms with van der Waals surface area (Å²) in [7, 11) is -1.23. The minimum atomic E-state index is -1.23. The number of rotatable bonds is 15. The summed E-state index contributed by atoms with van der Waals surface area (Å²) in [6, 6.07) is 23.6. The Hall–Kier alpha value is -1.38. The van der Waals surface area contributed by atoms with Crippen LogP contribution in [0.4, 0.5) is 0 Å². The van der Waals surface area contributed by atoms with Gasteiger partial charge in [-0.05, 0) is 55.9 Å².